The summed E-state index contributed by atoms with van der Waals surface area (Å²) < 4.78 is 39.6. The molecule has 0 spiro atoms. The van der Waals surface area contributed by atoms with Crippen molar-refractivity contribution in [2.24, 2.45) is 0 Å². The van der Waals surface area contributed by atoms with Crippen molar-refractivity contribution in [1.82, 2.24) is 4.98 Å². The van der Waals surface area contributed by atoms with Crippen LogP contribution in [0, 0.1) is 11.3 Å². The summed E-state index contributed by atoms with van der Waals surface area (Å²) in [6.45, 7) is 0. The Morgan fingerprint density at radius 3 is 2.32 bits per heavy atom. The van der Waals surface area contributed by atoms with Crippen molar-refractivity contribution in [3.8, 4) is 16.6 Å². The Labute approximate surface area is 135 Å². The van der Waals surface area contributed by atoms with Gasteiger partial charge in [-0.05, 0) is 53.9 Å². The summed E-state index contributed by atoms with van der Waals surface area (Å²) in [6, 6.07) is 3.43. The Morgan fingerprint density at radius 2 is 1.89 bits per heavy atom. The maximum atomic E-state index is 12.8. The lowest BCUT2D eigenvalue weighted by molar-refractivity contribution is -0.141. The molecule has 19 heavy (non-hydrogen) atoms. The molecule has 0 bridgehead atoms. The highest BCUT2D eigenvalue weighted by Gasteiger charge is 2.37. The Balaban J connectivity index is 2.68. The molecule has 0 unspecified atom stereocenters. The number of nitriles is 1. The molecule has 0 aliphatic rings. The van der Waals surface area contributed by atoms with Crippen LogP contribution in [-0.4, -0.2) is 4.98 Å². The largest absolute Gasteiger partial charge is 0.432 e. The van der Waals surface area contributed by atoms with Gasteiger partial charge in [-0.3, -0.25) is 0 Å². The lowest BCUT2D eigenvalue weighted by Crippen LogP contribution is -2.06. The van der Waals surface area contributed by atoms with Gasteiger partial charge in [0, 0.05) is 4.47 Å². The van der Waals surface area contributed by atoms with Gasteiger partial charge in [0.15, 0.2) is 0 Å². The normalized spacial score (nSPS) is 11.6. The van der Waals surface area contributed by atoms with Crippen molar-refractivity contribution in [3.63, 3.8) is 0 Å². The highest BCUT2D eigenvalue weighted by Crippen LogP contribution is 2.44. The number of thiophene rings is 1. The van der Waals surface area contributed by atoms with Crippen LogP contribution in [0.4, 0.5) is 13.2 Å². The molecule has 9 heteroatoms. The van der Waals surface area contributed by atoms with Crippen LogP contribution in [0.2, 0.25) is 0 Å². The van der Waals surface area contributed by atoms with Crippen LogP contribution >= 0.6 is 59.1 Å². The Morgan fingerprint density at radius 1 is 1.26 bits per heavy atom. The van der Waals surface area contributed by atoms with Gasteiger partial charge in [0.25, 0.3) is 0 Å². The molecule has 2 aromatic heterocycles. The molecule has 1 N–H and O–H groups in total. The van der Waals surface area contributed by atoms with E-state index in [0.717, 1.165) is 8.26 Å². The van der Waals surface area contributed by atoms with E-state index in [-0.39, 0.29) is 15.7 Å². The molecular weight excluding hydrogens is 477 g/mol. The van der Waals surface area contributed by atoms with Crippen molar-refractivity contribution in [3.05, 3.63) is 30.1 Å². The van der Waals surface area contributed by atoms with E-state index in [4.69, 9.17) is 5.26 Å². The van der Waals surface area contributed by atoms with Crippen molar-refractivity contribution in [1.29, 1.82) is 5.26 Å². The number of hydrogen-bond acceptors (Lipinski definition) is 2. The molecule has 0 fully saturated rings. The summed E-state index contributed by atoms with van der Waals surface area (Å²) >= 11 is 10.6. The van der Waals surface area contributed by atoms with Gasteiger partial charge in [-0.2, -0.15) is 18.4 Å². The van der Waals surface area contributed by atoms with Crippen LogP contribution in [0.15, 0.2) is 18.8 Å². The molecule has 2 rings (SSSR count). The van der Waals surface area contributed by atoms with Gasteiger partial charge in [-0.15, -0.1) is 11.3 Å². The highest BCUT2D eigenvalue weighted by molar-refractivity contribution is 9.13. The van der Waals surface area contributed by atoms with Gasteiger partial charge in [0.05, 0.1) is 24.4 Å². The summed E-state index contributed by atoms with van der Waals surface area (Å²) in [5.74, 6) is 0. The van der Waals surface area contributed by atoms with Crippen LogP contribution < -0.4 is 0 Å². The van der Waals surface area contributed by atoms with Gasteiger partial charge in [-0.1, -0.05) is 0 Å². The number of rotatable bonds is 1. The first-order valence-corrected chi connectivity index (χ1v) is 7.79. The van der Waals surface area contributed by atoms with E-state index in [9.17, 15) is 13.2 Å². The molecule has 2 heterocycles. The van der Waals surface area contributed by atoms with Gasteiger partial charge >= 0.3 is 6.18 Å². The van der Waals surface area contributed by atoms with E-state index in [1.807, 2.05) is 0 Å². The number of nitrogens with one attached hydrogen (secondary N) is 1. The molecule has 0 amide bonds. The van der Waals surface area contributed by atoms with E-state index in [0.29, 0.717) is 4.88 Å². The second kappa shape index (κ2) is 5.24. The maximum Gasteiger partial charge on any atom is 0.432 e. The van der Waals surface area contributed by atoms with E-state index < -0.39 is 11.9 Å². The average Bonchev–Trinajstić information content (AvgIpc) is 2.79. The third-order valence-electron chi connectivity index (χ3n) is 2.23. The molecule has 0 atom stereocenters. The van der Waals surface area contributed by atoms with E-state index in [1.54, 1.807) is 12.1 Å². The number of alkyl halides is 3. The summed E-state index contributed by atoms with van der Waals surface area (Å²) in [5.41, 5.74) is -0.869. The van der Waals surface area contributed by atoms with Gasteiger partial charge < -0.3 is 4.98 Å². The zero-order valence-electron chi connectivity index (χ0n) is 8.70. The van der Waals surface area contributed by atoms with Crippen LogP contribution in [0.5, 0.6) is 0 Å². The Kier molecular flexibility index (Phi) is 4.16. The fourth-order valence-corrected chi connectivity index (χ4v) is 4.09. The fraction of sp³-hybridized carbons (Fsp3) is 0.100. The van der Waals surface area contributed by atoms with E-state index in [1.165, 1.54) is 11.3 Å². The molecule has 0 aromatic carbocycles. The third-order valence-corrected chi connectivity index (χ3v) is 6.29. The number of aromatic amines is 1. The predicted octanol–water partition coefficient (Wildman–Crippen LogP) is 5.92. The third kappa shape index (κ3) is 2.77. The molecule has 0 radical (unpaired) electrons. The summed E-state index contributed by atoms with van der Waals surface area (Å²) in [5, 5.41) is 9.03. The van der Waals surface area contributed by atoms with Crippen molar-refractivity contribution in [2.75, 3.05) is 0 Å². The molecule has 2 aromatic rings. The van der Waals surface area contributed by atoms with Gasteiger partial charge in [0.1, 0.15) is 11.8 Å². The zero-order chi connectivity index (χ0) is 14.4. The standard InChI is InChI=1S/C10H2Br3F3N2S/c11-4-1-5(19-9(4)13)7-3(2-17)6(12)8(18-7)10(14,15)16/h1,18H. The smallest absolute Gasteiger partial charge is 0.348 e. The quantitative estimate of drug-likeness (QED) is 0.543. The van der Waals surface area contributed by atoms with Crippen molar-refractivity contribution < 1.29 is 13.2 Å². The van der Waals surface area contributed by atoms with Crippen LogP contribution in [0.25, 0.3) is 10.6 Å². The monoisotopic (exact) mass is 476 g/mol. The lowest BCUT2D eigenvalue weighted by Gasteiger charge is -2.03. The average molecular weight is 479 g/mol. The van der Waals surface area contributed by atoms with Crippen LogP contribution in [-0.2, 0) is 6.18 Å². The van der Waals surface area contributed by atoms with Crippen LogP contribution in [0.1, 0.15) is 11.3 Å². The molecule has 2 nitrogen and oxygen atoms in total. The van der Waals surface area contributed by atoms with Crippen molar-refractivity contribution >= 4 is 59.1 Å². The Hall–Kier alpha value is -0.300. The molecule has 100 valence electrons. The second-order valence-electron chi connectivity index (χ2n) is 3.41. The van der Waals surface area contributed by atoms with E-state index in [2.05, 4.69) is 52.8 Å². The first-order chi connectivity index (χ1) is 8.75. The predicted molar refractivity (Wildman–Crippen MR) is 76.9 cm³/mol. The lowest BCUT2D eigenvalue weighted by atomic mass is 10.2. The highest BCUT2D eigenvalue weighted by atomic mass is 79.9. The molecule has 0 aliphatic carbocycles. The van der Waals surface area contributed by atoms with Gasteiger partial charge in [-0.25, -0.2) is 0 Å². The Bertz CT molecular complexity index is 662. The van der Waals surface area contributed by atoms with E-state index >= 15 is 0 Å². The minimum atomic E-state index is -4.55. The summed E-state index contributed by atoms with van der Waals surface area (Å²) in [6.07, 6.45) is -4.55. The number of aromatic nitrogens is 1. The molecule has 0 saturated heterocycles. The van der Waals surface area contributed by atoms with Gasteiger partial charge in [0.2, 0.25) is 0 Å². The molecular formula is C10H2Br3F3N2S. The summed E-state index contributed by atoms with van der Waals surface area (Å²) in [7, 11) is 0. The number of hydrogen-bond donors (Lipinski definition) is 1. The topological polar surface area (TPSA) is 39.6 Å². The second-order valence-corrected chi connectivity index (χ2v) is 7.42. The minimum Gasteiger partial charge on any atom is -0.348 e. The maximum absolute atomic E-state index is 12.8. The fourth-order valence-electron chi connectivity index (χ4n) is 1.43. The minimum absolute atomic E-state index is 0.0615. The number of halogens is 6. The first kappa shape index (κ1) is 15.1. The summed E-state index contributed by atoms with van der Waals surface area (Å²) in [4.78, 5) is 2.81. The SMILES string of the molecule is N#Cc1c(-c2cc(Br)c(Br)s2)[nH]c(C(F)(F)F)c1Br. The number of nitrogens with zero attached hydrogens (tertiary/aromatic N) is 1. The zero-order valence-corrected chi connectivity index (χ0v) is 14.3. The van der Waals surface area contributed by atoms with Crippen LogP contribution in [0.3, 0.4) is 0 Å². The first-order valence-electron chi connectivity index (χ1n) is 4.59. The van der Waals surface area contributed by atoms with Crippen molar-refractivity contribution in [2.45, 2.75) is 6.18 Å². The number of H-pyrrole nitrogens is 1. The molecule has 0 saturated carbocycles. The molecule has 0 aliphatic heterocycles.